The fourth-order valence-corrected chi connectivity index (χ4v) is 4.38. The predicted molar refractivity (Wildman–Crippen MR) is 150 cm³/mol. The number of amides is 1. The highest BCUT2D eigenvalue weighted by atomic mass is 32.2. The Bertz CT molecular complexity index is 1340. The van der Waals surface area contributed by atoms with Crippen LogP contribution in [0.15, 0.2) is 89.1 Å². The van der Waals surface area contributed by atoms with E-state index in [1.165, 1.54) is 17.3 Å². The molecule has 8 heteroatoms. The van der Waals surface area contributed by atoms with E-state index < -0.39 is 0 Å². The lowest BCUT2D eigenvalue weighted by molar-refractivity contribution is -0.118. The van der Waals surface area contributed by atoms with Crippen molar-refractivity contribution in [1.29, 1.82) is 0 Å². The summed E-state index contributed by atoms with van der Waals surface area (Å²) in [7, 11) is 0. The third kappa shape index (κ3) is 6.86. The Morgan fingerprint density at radius 3 is 2.35 bits per heavy atom. The van der Waals surface area contributed by atoms with Crippen molar-refractivity contribution < 1.29 is 9.53 Å². The summed E-state index contributed by atoms with van der Waals surface area (Å²) in [5.74, 6) is 1.41. The van der Waals surface area contributed by atoms with E-state index in [2.05, 4.69) is 53.6 Å². The molecule has 0 spiro atoms. The minimum absolute atomic E-state index is 0.0906. The van der Waals surface area contributed by atoms with E-state index in [0.29, 0.717) is 17.6 Å². The lowest BCUT2D eigenvalue weighted by Crippen LogP contribution is -2.20. The molecule has 4 aromatic rings. The summed E-state index contributed by atoms with van der Waals surface area (Å²) in [4.78, 5) is 12.5. The summed E-state index contributed by atoms with van der Waals surface area (Å²) in [5.41, 5.74) is 6.67. The van der Waals surface area contributed by atoms with Crippen LogP contribution in [-0.4, -0.2) is 39.2 Å². The summed E-state index contributed by atoms with van der Waals surface area (Å²) in [5, 5.41) is 13.5. The molecule has 0 saturated heterocycles. The van der Waals surface area contributed by atoms with E-state index in [-0.39, 0.29) is 17.1 Å². The van der Waals surface area contributed by atoms with Crippen molar-refractivity contribution in [2.45, 2.75) is 38.3 Å². The summed E-state index contributed by atoms with van der Waals surface area (Å²) in [6, 6.07) is 25.7. The standard InChI is InChI=1S/C29H31N5O2S/c1-5-36-25-17-15-24(16-18-25)34-27(22-9-7-6-8-10-22)32-33-28(34)37-20-26(35)31-30-19-21-11-13-23(14-12-21)29(2,3)4/h6-19H,5,20H2,1-4H3,(H,31,35)/b30-19+. The third-order valence-electron chi connectivity index (χ3n) is 5.58. The van der Waals surface area contributed by atoms with Crippen molar-refractivity contribution in [3.63, 3.8) is 0 Å². The fourth-order valence-electron chi connectivity index (χ4n) is 3.64. The first-order valence-electron chi connectivity index (χ1n) is 12.1. The van der Waals surface area contributed by atoms with E-state index >= 15 is 0 Å². The van der Waals surface area contributed by atoms with Crippen LogP contribution in [-0.2, 0) is 10.2 Å². The van der Waals surface area contributed by atoms with Gasteiger partial charge in [-0.05, 0) is 47.7 Å². The number of carbonyl (C=O) groups excluding carboxylic acids is 1. The summed E-state index contributed by atoms with van der Waals surface area (Å²) in [6.07, 6.45) is 1.64. The van der Waals surface area contributed by atoms with Gasteiger partial charge in [0.1, 0.15) is 5.75 Å². The third-order valence-corrected chi connectivity index (χ3v) is 6.51. The molecule has 0 fully saturated rings. The highest BCUT2D eigenvalue weighted by molar-refractivity contribution is 7.99. The molecule has 3 aromatic carbocycles. The second-order valence-corrected chi connectivity index (χ2v) is 10.3. The Morgan fingerprint density at radius 2 is 1.70 bits per heavy atom. The Labute approximate surface area is 222 Å². The van der Waals surface area contributed by atoms with E-state index in [0.717, 1.165) is 22.6 Å². The number of hydrazone groups is 1. The van der Waals surface area contributed by atoms with Gasteiger partial charge in [-0.3, -0.25) is 9.36 Å². The maximum atomic E-state index is 12.5. The number of nitrogens with zero attached hydrogens (tertiary/aromatic N) is 4. The van der Waals surface area contributed by atoms with Crippen molar-refractivity contribution >= 4 is 23.9 Å². The molecule has 7 nitrogen and oxygen atoms in total. The van der Waals surface area contributed by atoms with Crippen molar-refractivity contribution in [3.05, 3.63) is 90.0 Å². The topological polar surface area (TPSA) is 81.4 Å². The molecular weight excluding hydrogens is 482 g/mol. The number of aromatic nitrogens is 3. The minimum Gasteiger partial charge on any atom is -0.494 e. The van der Waals surface area contributed by atoms with Crippen LogP contribution in [0.2, 0.25) is 0 Å². The first-order chi connectivity index (χ1) is 17.8. The maximum absolute atomic E-state index is 12.5. The van der Waals surface area contributed by atoms with Crippen LogP contribution in [0.5, 0.6) is 5.75 Å². The average molecular weight is 514 g/mol. The zero-order chi connectivity index (χ0) is 26.3. The van der Waals surface area contributed by atoms with Crippen LogP contribution in [0, 0.1) is 0 Å². The van der Waals surface area contributed by atoms with Crippen LogP contribution in [0.3, 0.4) is 0 Å². The molecule has 0 aliphatic carbocycles. The number of hydrogen-bond donors (Lipinski definition) is 1. The quantitative estimate of drug-likeness (QED) is 0.172. The lowest BCUT2D eigenvalue weighted by Gasteiger charge is -2.18. The van der Waals surface area contributed by atoms with Gasteiger partial charge in [0.05, 0.1) is 18.6 Å². The smallest absolute Gasteiger partial charge is 0.250 e. The predicted octanol–water partition coefficient (Wildman–Crippen LogP) is 5.87. The molecule has 1 amide bonds. The summed E-state index contributed by atoms with van der Waals surface area (Å²) < 4.78 is 7.53. The summed E-state index contributed by atoms with van der Waals surface area (Å²) in [6.45, 7) is 9.07. The van der Waals surface area contributed by atoms with Crippen molar-refractivity contribution in [2.75, 3.05) is 12.4 Å². The number of hydrogen-bond acceptors (Lipinski definition) is 6. The molecule has 0 atom stereocenters. The SMILES string of the molecule is CCOc1ccc(-n2c(SCC(=O)N/N=C/c3ccc(C(C)(C)C)cc3)nnc2-c2ccccc2)cc1. The van der Waals surface area contributed by atoms with Crippen LogP contribution >= 0.6 is 11.8 Å². The van der Waals surface area contributed by atoms with E-state index in [9.17, 15) is 4.79 Å². The van der Waals surface area contributed by atoms with Gasteiger partial charge in [-0.2, -0.15) is 5.10 Å². The number of thioether (sulfide) groups is 1. The van der Waals surface area contributed by atoms with Crippen LogP contribution in [0.1, 0.15) is 38.8 Å². The number of carbonyl (C=O) groups is 1. The molecule has 0 aliphatic rings. The number of nitrogens with one attached hydrogen (secondary N) is 1. The van der Waals surface area contributed by atoms with Gasteiger partial charge >= 0.3 is 0 Å². The highest BCUT2D eigenvalue weighted by Gasteiger charge is 2.17. The molecule has 190 valence electrons. The number of rotatable bonds is 9. The van der Waals surface area contributed by atoms with Gasteiger partial charge in [-0.15, -0.1) is 10.2 Å². The zero-order valence-electron chi connectivity index (χ0n) is 21.5. The second kappa shape index (κ2) is 11.9. The monoisotopic (exact) mass is 513 g/mol. The number of ether oxygens (including phenoxy) is 1. The molecule has 1 N–H and O–H groups in total. The maximum Gasteiger partial charge on any atom is 0.250 e. The molecule has 0 aliphatic heterocycles. The van der Waals surface area contributed by atoms with E-state index in [1.54, 1.807) is 6.21 Å². The van der Waals surface area contributed by atoms with Gasteiger partial charge < -0.3 is 4.74 Å². The molecule has 1 aromatic heterocycles. The van der Waals surface area contributed by atoms with Crippen molar-refractivity contribution in [3.8, 4) is 22.8 Å². The molecule has 37 heavy (non-hydrogen) atoms. The Kier molecular flexibility index (Phi) is 8.40. The molecule has 0 unspecified atom stereocenters. The highest BCUT2D eigenvalue weighted by Crippen LogP contribution is 2.29. The van der Waals surface area contributed by atoms with Gasteiger partial charge in [0.25, 0.3) is 5.91 Å². The van der Waals surface area contributed by atoms with Gasteiger partial charge in [0.15, 0.2) is 11.0 Å². The minimum atomic E-state index is -0.227. The molecular formula is C29H31N5O2S. The number of benzene rings is 3. The van der Waals surface area contributed by atoms with Crippen molar-refractivity contribution in [1.82, 2.24) is 20.2 Å². The molecule has 0 radical (unpaired) electrons. The first kappa shape index (κ1) is 26.2. The Balaban J connectivity index is 1.46. The molecule has 1 heterocycles. The van der Waals surface area contributed by atoms with E-state index in [1.807, 2.05) is 78.2 Å². The van der Waals surface area contributed by atoms with Gasteiger partial charge in [0, 0.05) is 11.3 Å². The normalized spacial score (nSPS) is 11.6. The second-order valence-electron chi connectivity index (χ2n) is 9.39. The van der Waals surface area contributed by atoms with Crippen molar-refractivity contribution in [2.24, 2.45) is 5.10 Å². The van der Waals surface area contributed by atoms with Crippen LogP contribution < -0.4 is 10.2 Å². The van der Waals surface area contributed by atoms with Gasteiger partial charge in [0.2, 0.25) is 0 Å². The van der Waals surface area contributed by atoms with E-state index in [4.69, 9.17) is 4.74 Å². The van der Waals surface area contributed by atoms with Gasteiger partial charge in [-0.1, -0.05) is 87.1 Å². The molecule has 0 bridgehead atoms. The van der Waals surface area contributed by atoms with Crippen LogP contribution in [0.4, 0.5) is 0 Å². The fraction of sp³-hybridized carbons (Fsp3) is 0.241. The zero-order valence-corrected chi connectivity index (χ0v) is 22.3. The molecule has 4 rings (SSSR count). The van der Waals surface area contributed by atoms with Crippen LogP contribution in [0.25, 0.3) is 17.1 Å². The largest absolute Gasteiger partial charge is 0.494 e. The van der Waals surface area contributed by atoms with Gasteiger partial charge in [-0.25, -0.2) is 5.43 Å². The Morgan fingerprint density at radius 1 is 1.00 bits per heavy atom. The molecule has 0 saturated carbocycles. The Hall–Kier alpha value is -3.91. The average Bonchev–Trinajstić information content (AvgIpc) is 3.32. The summed E-state index contributed by atoms with van der Waals surface area (Å²) >= 11 is 1.30. The lowest BCUT2D eigenvalue weighted by atomic mass is 9.87. The first-order valence-corrected chi connectivity index (χ1v) is 13.1.